The number of para-hydroxylation sites is 1. The Morgan fingerprint density at radius 3 is 2.72 bits per heavy atom. The van der Waals surface area contributed by atoms with Gasteiger partial charge in [-0.15, -0.1) is 0 Å². The molecule has 1 amide bonds. The number of phenols is 1. The summed E-state index contributed by atoms with van der Waals surface area (Å²) in [6.07, 6.45) is 1.87. The lowest BCUT2D eigenvalue weighted by Gasteiger charge is -2.21. The molecule has 1 fully saturated rings. The number of likely N-dealkylation sites (N-methyl/N-ethyl adjacent to an activating group) is 1. The van der Waals surface area contributed by atoms with E-state index in [9.17, 15) is 15.0 Å². The van der Waals surface area contributed by atoms with Crippen LogP contribution < -0.4 is 0 Å². The molecule has 1 aromatic rings. The van der Waals surface area contributed by atoms with Crippen LogP contribution in [0.15, 0.2) is 24.3 Å². The second kappa shape index (κ2) is 5.40. The molecular formula is C14H19NO3. The third-order valence-corrected chi connectivity index (χ3v) is 3.39. The number of nitrogens with zero attached hydrogens (tertiary/aromatic N) is 1. The highest BCUT2D eigenvalue weighted by atomic mass is 16.3. The molecule has 1 aromatic carbocycles. The van der Waals surface area contributed by atoms with Gasteiger partial charge in [-0.3, -0.25) is 4.79 Å². The molecule has 0 radical (unpaired) electrons. The molecule has 4 heteroatoms. The highest BCUT2D eigenvalue weighted by Crippen LogP contribution is 2.32. The number of hydrogen-bond donors (Lipinski definition) is 2. The molecule has 2 rings (SSSR count). The van der Waals surface area contributed by atoms with Gasteiger partial charge in [-0.05, 0) is 24.8 Å². The van der Waals surface area contributed by atoms with Crippen LogP contribution in [0.5, 0.6) is 5.75 Å². The molecule has 0 heterocycles. The van der Waals surface area contributed by atoms with Gasteiger partial charge in [0, 0.05) is 19.2 Å². The van der Waals surface area contributed by atoms with Crippen molar-refractivity contribution < 1.29 is 15.0 Å². The van der Waals surface area contributed by atoms with Gasteiger partial charge in [0.1, 0.15) is 5.75 Å². The number of hydrogen-bond acceptors (Lipinski definition) is 3. The van der Waals surface area contributed by atoms with Gasteiger partial charge in [0.05, 0.1) is 12.5 Å². The minimum atomic E-state index is -0.414. The van der Waals surface area contributed by atoms with E-state index in [4.69, 9.17) is 0 Å². The van der Waals surface area contributed by atoms with Crippen LogP contribution in [-0.4, -0.2) is 40.7 Å². The third-order valence-electron chi connectivity index (χ3n) is 3.39. The van der Waals surface area contributed by atoms with Gasteiger partial charge in [0.2, 0.25) is 5.91 Å². The summed E-state index contributed by atoms with van der Waals surface area (Å²) >= 11 is 0. The predicted molar refractivity (Wildman–Crippen MR) is 68.2 cm³/mol. The van der Waals surface area contributed by atoms with Gasteiger partial charge in [-0.1, -0.05) is 18.2 Å². The molecule has 1 atom stereocenters. The topological polar surface area (TPSA) is 60.8 Å². The first-order valence-electron chi connectivity index (χ1n) is 6.27. The van der Waals surface area contributed by atoms with Crippen LogP contribution in [0.1, 0.15) is 18.4 Å². The van der Waals surface area contributed by atoms with Gasteiger partial charge in [-0.25, -0.2) is 0 Å². The molecular weight excluding hydrogens is 230 g/mol. The first-order valence-corrected chi connectivity index (χ1v) is 6.27. The standard InChI is InChI=1S/C14H19NO3/c1-15(9-13(17)10-6-7-10)14(18)8-11-4-2-3-5-12(11)16/h2-5,10,13,16-17H,6-9H2,1H3. The number of benzene rings is 1. The van der Waals surface area contributed by atoms with Gasteiger partial charge < -0.3 is 15.1 Å². The van der Waals surface area contributed by atoms with Crippen molar-refractivity contribution in [2.75, 3.05) is 13.6 Å². The van der Waals surface area contributed by atoms with E-state index >= 15 is 0 Å². The molecule has 0 saturated heterocycles. The van der Waals surface area contributed by atoms with E-state index in [1.54, 1.807) is 31.3 Å². The predicted octanol–water partition coefficient (Wildman–Crippen LogP) is 1.16. The fourth-order valence-corrected chi connectivity index (χ4v) is 1.97. The van der Waals surface area contributed by atoms with Crippen molar-refractivity contribution in [2.45, 2.75) is 25.4 Å². The summed E-state index contributed by atoms with van der Waals surface area (Å²) in [4.78, 5) is 13.5. The minimum Gasteiger partial charge on any atom is -0.508 e. The number of aliphatic hydroxyl groups is 1. The van der Waals surface area contributed by atoms with Crippen LogP contribution in [0.3, 0.4) is 0 Å². The zero-order chi connectivity index (χ0) is 13.1. The van der Waals surface area contributed by atoms with E-state index < -0.39 is 6.10 Å². The summed E-state index contributed by atoms with van der Waals surface area (Å²) in [6, 6.07) is 6.82. The number of amides is 1. The second-order valence-electron chi connectivity index (χ2n) is 4.98. The molecule has 1 unspecified atom stereocenters. The summed E-state index contributed by atoms with van der Waals surface area (Å²) in [7, 11) is 1.69. The average molecular weight is 249 g/mol. The van der Waals surface area contributed by atoms with E-state index in [-0.39, 0.29) is 18.1 Å². The zero-order valence-corrected chi connectivity index (χ0v) is 10.5. The molecule has 0 bridgehead atoms. The van der Waals surface area contributed by atoms with Crippen molar-refractivity contribution in [2.24, 2.45) is 5.92 Å². The molecule has 1 aliphatic carbocycles. The number of carbonyl (C=O) groups excluding carboxylic acids is 1. The molecule has 98 valence electrons. The molecule has 1 aliphatic rings. The van der Waals surface area contributed by atoms with Crippen LogP contribution >= 0.6 is 0 Å². The highest BCUT2D eigenvalue weighted by molar-refractivity contribution is 5.79. The van der Waals surface area contributed by atoms with Gasteiger partial charge >= 0.3 is 0 Å². The summed E-state index contributed by atoms with van der Waals surface area (Å²) in [6.45, 7) is 0.372. The van der Waals surface area contributed by atoms with Crippen LogP contribution in [0.2, 0.25) is 0 Å². The molecule has 0 aromatic heterocycles. The quantitative estimate of drug-likeness (QED) is 0.823. The van der Waals surface area contributed by atoms with Gasteiger partial charge in [0.25, 0.3) is 0 Å². The molecule has 4 nitrogen and oxygen atoms in total. The zero-order valence-electron chi connectivity index (χ0n) is 10.5. The minimum absolute atomic E-state index is 0.0869. The number of aliphatic hydroxyl groups excluding tert-OH is 1. The number of carbonyl (C=O) groups is 1. The van der Waals surface area contributed by atoms with E-state index in [1.165, 1.54) is 4.90 Å². The van der Waals surface area contributed by atoms with E-state index in [2.05, 4.69) is 0 Å². The molecule has 0 aliphatic heterocycles. The maximum Gasteiger partial charge on any atom is 0.226 e. The summed E-state index contributed by atoms with van der Waals surface area (Å²) in [5, 5.41) is 19.4. The molecule has 1 saturated carbocycles. The average Bonchev–Trinajstić information content (AvgIpc) is 3.15. The number of phenolic OH excluding ortho intramolecular Hbond substituents is 1. The van der Waals surface area contributed by atoms with Crippen molar-refractivity contribution in [3.8, 4) is 5.75 Å². The van der Waals surface area contributed by atoms with E-state index in [0.717, 1.165) is 12.8 Å². The number of aromatic hydroxyl groups is 1. The first kappa shape index (κ1) is 12.9. The van der Waals surface area contributed by atoms with Gasteiger partial charge in [-0.2, -0.15) is 0 Å². The van der Waals surface area contributed by atoms with Crippen molar-refractivity contribution in [3.63, 3.8) is 0 Å². The summed E-state index contributed by atoms with van der Waals surface area (Å²) in [5.41, 5.74) is 0.621. The Labute approximate surface area is 107 Å². The Bertz CT molecular complexity index is 429. The smallest absolute Gasteiger partial charge is 0.226 e. The molecule has 18 heavy (non-hydrogen) atoms. The lowest BCUT2D eigenvalue weighted by molar-refractivity contribution is -0.130. The van der Waals surface area contributed by atoms with Crippen molar-refractivity contribution >= 4 is 5.91 Å². The van der Waals surface area contributed by atoms with Crippen LogP contribution in [0.4, 0.5) is 0 Å². The monoisotopic (exact) mass is 249 g/mol. The van der Waals surface area contributed by atoms with Crippen molar-refractivity contribution in [1.29, 1.82) is 0 Å². The summed E-state index contributed by atoms with van der Waals surface area (Å²) < 4.78 is 0. The largest absolute Gasteiger partial charge is 0.508 e. The lowest BCUT2D eigenvalue weighted by Crippen LogP contribution is -2.36. The van der Waals surface area contributed by atoms with E-state index in [1.807, 2.05) is 0 Å². The Morgan fingerprint density at radius 2 is 2.11 bits per heavy atom. The maximum atomic E-state index is 11.9. The van der Waals surface area contributed by atoms with Crippen LogP contribution in [-0.2, 0) is 11.2 Å². The van der Waals surface area contributed by atoms with Crippen LogP contribution in [0.25, 0.3) is 0 Å². The van der Waals surface area contributed by atoms with Gasteiger partial charge in [0.15, 0.2) is 0 Å². The normalized spacial score (nSPS) is 16.3. The van der Waals surface area contributed by atoms with Crippen LogP contribution in [0, 0.1) is 5.92 Å². The maximum absolute atomic E-state index is 11.9. The Hall–Kier alpha value is -1.55. The second-order valence-corrected chi connectivity index (χ2v) is 4.98. The third kappa shape index (κ3) is 3.23. The summed E-state index contributed by atoms with van der Waals surface area (Å²) in [5.74, 6) is 0.420. The Balaban J connectivity index is 1.88. The Kier molecular flexibility index (Phi) is 3.87. The SMILES string of the molecule is CN(CC(O)C1CC1)C(=O)Cc1ccccc1O. The van der Waals surface area contributed by atoms with Crippen molar-refractivity contribution in [1.82, 2.24) is 4.90 Å². The highest BCUT2D eigenvalue weighted by Gasteiger charge is 2.31. The fraction of sp³-hybridized carbons (Fsp3) is 0.500. The lowest BCUT2D eigenvalue weighted by atomic mass is 10.1. The Morgan fingerprint density at radius 1 is 1.44 bits per heavy atom. The fourth-order valence-electron chi connectivity index (χ4n) is 1.97. The number of rotatable bonds is 5. The first-order chi connectivity index (χ1) is 8.58. The molecule has 2 N–H and O–H groups in total. The van der Waals surface area contributed by atoms with Crippen molar-refractivity contribution in [3.05, 3.63) is 29.8 Å². The molecule has 0 spiro atoms. The van der Waals surface area contributed by atoms with E-state index in [0.29, 0.717) is 18.0 Å².